The van der Waals surface area contributed by atoms with Crippen molar-refractivity contribution in [3.8, 4) is 0 Å². The summed E-state index contributed by atoms with van der Waals surface area (Å²) < 4.78 is 13.6. The Labute approximate surface area is 293 Å². The summed E-state index contributed by atoms with van der Waals surface area (Å²) in [7, 11) is 3.64. The van der Waals surface area contributed by atoms with Gasteiger partial charge in [0.1, 0.15) is 29.2 Å². The number of likely N-dealkylation sites (N-methyl/N-ethyl adjacent to an activating group) is 2. The molecule has 2 heterocycles. The van der Waals surface area contributed by atoms with E-state index in [0.29, 0.717) is 23.5 Å². The zero-order valence-corrected chi connectivity index (χ0v) is 30.5. The molecule has 1 aliphatic carbocycles. The molecule has 9 atom stereocenters. The van der Waals surface area contributed by atoms with Crippen LogP contribution in [0.15, 0.2) is 29.6 Å². The number of carboxylic acids is 1. The number of benzene rings is 1. The SMILES string of the molecule is CCC(C)[C@H](NC(=O)[C@H]1CCCN1C)C(=O)N(C)C(C[C@@H](O)c1nc(C(O)NC2(C[C@H](C)C(=O)O)CC2c2ccc(F)cc2)cs1)C(C)C. The summed E-state index contributed by atoms with van der Waals surface area (Å²) in [5, 5.41) is 40.5. The van der Waals surface area contributed by atoms with Crippen molar-refractivity contribution in [1.82, 2.24) is 25.4 Å². The number of halogens is 1. The van der Waals surface area contributed by atoms with Crippen LogP contribution in [0.1, 0.15) is 108 Å². The number of amides is 2. The van der Waals surface area contributed by atoms with E-state index in [1.165, 1.54) is 23.5 Å². The molecule has 11 nitrogen and oxygen atoms in total. The molecular weight excluding hydrogens is 649 g/mol. The number of aromatic nitrogens is 1. The number of rotatable bonds is 17. The Kier molecular flexibility index (Phi) is 13.0. The highest BCUT2D eigenvalue weighted by Crippen LogP contribution is 2.55. The largest absolute Gasteiger partial charge is 0.481 e. The van der Waals surface area contributed by atoms with Crippen LogP contribution in [0, 0.1) is 23.6 Å². The average Bonchev–Trinajstić information content (AvgIpc) is 3.36. The topological polar surface area (TPSA) is 155 Å². The third-order valence-electron chi connectivity index (χ3n) is 10.6. The molecule has 2 amide bonds. The smallest absolute Gasteiger partial charge is 0.306 e. The highest BCUT2D eigenvalue weighted by Gasteiger charge is 2.56. The minimum atomic E-state index is -1.23. The van der Waals surface area contributed by atoms with Gasteiger partial charge in [-0.25, -0.2) is 9.37 Å². The predicted molar refractivity (Wildman–Crippen MR) is 186 cm³/mol. The van der Waals surface area contributed by atoms with Crippen molar-refractivity contribution in [2.75, 3.05) is 20.6 Å². The first-order chi connectivity index (χ1) is 23.1. The fraction of sp³-hybridized carbons (Fsp3) is 0.667. The summed E-state index contributed by atoms with van der Waals surface area (Å²) >= 11 is 1.20. The Hall–Kier alpha value is -2.97. The Balaban J connectivity index is 1.45. The average molecular weight is 704 g/mol. The maximum Gasteiger partial charge on any atom is 0.306 e. The molecule has 0 spiro atoms. The van der Waals surface area contributed by atoms with Crippen molar-refractivity contribution >= 4 is 29.1 Å². The van der Waals surface area contributed by atoms with Crippen molar-refractivity contribution < 1.29 is 34.1 Å². The maximum atomic E-state index is 13.9. The van der Waals surface area contributed by atoms with Gasteiger partial charge in [-0.2, -0.15) is 0 Å². The molecule has 272 valence electrons. The van der Waals surface area contributed by atoms with Crippen LogP contribution in [0.2, 0.25) is 0 Å². The molecule has 2 aliphatic rings. The second kappa shape index (κ2) is 16.4. The second-order valence-corrected chi connectivity index (χ2v) is 15.5. The lowest BCUT2D eigenvalue weighted by Crippen LogP contribution is -2.56. The third kappa shape index (κ3) is 9.23. The van der Waals surface area contributed by atoms with Crippen molar-refractivity contribution in [2.45, 2.75) is 115 Å². The molecule has 1 aromatic heterocycles. The lowest BCUT2D eigenvalue weighted by atomic mass is 9.93. The summed E-state index contributed by atoms with van der Waals surface area (Å²) in [6, 6.07) is 4.79. The van der Waals surface area contributed by atoms with Crippen LogP contribution >= 0.6 is 11.3 Å². The van der Waals surface area contributed by atoms with Gasteiger partial charge in [0.15, 0.2) is 0 Å². The number of nitrogens with zero attached hydrogens (tertiary/aromatic N) is 3. The first kappa shape index (κ1) is 38.8. The monoisotopic (exact) mass is 703 g/mol. The normalized spacial score (nSPS) is 24.6. The van der Waals surface area contributed by atoms with E-state index >= 15 is 0 Å². The van der Waals surface area contributed by atoms with Gasteiger partial charge in [0.05, 0.1) is 17.7 Å². The second-order valence-electron chi connectivity index (χ2n) is 14.6. The summed E-state index contributed by atoms with van der Waals surface area (Å²) in [6.07, 6.45) is 1.19. The van der Waals surface area contributed by atoms with Crippen LogP contribution in [0.5, 0.6) is 0 Å². The van der Waals surface area contributed by atoms with Crippen molar-refractivity contribution in [3.63, 3.8) is 0 Å². The van der Waals surface area contributed by atoms with Crippen LogP contribution in [0.4, 0.5) is 4.39 Å². The molecule has 0 bridgehead atoms. The first-order valence-corrected chi connectivity index (χ1v) is 18.3. The number of hydrogen-bond acceptors (Lipinski definition) is 9. The standard InChI is InChI=1S/C36H54FN5O6S/c1-8-21(4)30(39-32(45)27-10-9-15-41(27)6)34(46)42(7)28(20(2)3)16-29(43)33-38-26(19-49-33)31(44)40-36(17-22(5)35(47)48)18-25(36)23-11-13-24(37)14-12-23/h11-14,19-22,25,27-31,40,43-44H,8-10,15-18H2,1-7H3,(H,39,45)(H,47,48)/t21?,22-,25?,27+,28?,29+,30-,31?,36?/m0/s1. The van der Waals surface area contributed by atoms with E-state index in [1.54, 1.807) is 36.4 Å². The Morgan fingerprint density at radius 3 is 2.41 bits per heavy atom. The lowest BCUT2D eigenvalue weighted by molar-refractivity contribution is -0.141. The number of aliphatic hydroxyl groups is 2. The number of aliphatic hydroxyl groups excluding tert-OH is 2. The number of carboxylic acid groups (broad SMARTS) is 1. The molecule has 2 fully saturated rings. The van der Waals surface area contributed by atoms with Crippen LogP contribution in [0.25, 0.3) is 0 Å². The van der Waals surface area contributed by atoms with Gasteiger partial charge in [-0.3, -0.25) is 24.6 Å². The molecule has 5 N–H and O–H groups in total. The van der Waals surface area contributed by atoms with Crippen LogP contribution in [0.3, 0.4) is 0 Å². The number of thiazole rings is 1. The number of nitrogens with one attached hydrogen (secondary N) is 2. The van der Waals surface area contributed by atoms with Gasteiger partial charge in [0.2, 0.25) is 11.8 Å². The van der Waals surface area contributed by atoms with Crippen molar-refractivity contribution in [1.29, 1.82) is 0 Å². The Bertz CT molecular complexity index is 1440. The maximum absolute atomic E-state index is 13.9. The van der Waals surface area contributed by atoms with Crippen molar-refractivity contribution in [2.24, 2.45) is 17.8 Å². The van der Waals surface area contributed by atoms with Gasteiger partial charge < -0.3 is 25.5 Å². The van der Waals surface area contributed by atoms with Gasteiger partial charge in [-0.15, -0.1) is 11.3 Å². The molecular formula is C36H54FN5O6S. The van der Waals surface area contributed by atoms with E-state index < -0.39 is 35.8 Å². The van der Waals surface area contributed by atoms with E-state index in [0.717, 1.165) is 24.9 Å². The summed E-state index contributed by atoms with van der Waals surface area (Å²) in [4.78, 5) is 47.1. The molecule has 1 aliphatic heterocycles. The molecule has 1 saturated heterocycles. The minimum absolute atomic E-state index is 0.0149. The predicted octanol–water partition coefficient (Wildman–Crippen LogP) is 4.43. The lowest BCUT2D eigenvalue weighted by Gasteiger charge is -2.37. The van der Waals surface area contributed by atoms with E-state index in [2.05, 4.69) is 15.6 Å². The Morgan fingerprint density at radius 1 is 1.16 bits per heavy atom. The zero-order chi connectivity index (χ0) is 36.2. The fourth-order valence-corrected chi connectivity index (χ4v) is 8.04. The molecule has 4 rings (SSSR count). The molecule has 1 aromatic carbocycles. The van der Waals surface area contributed by atoms with Gasteiger partial charge in [0.25, 0.3) is 0 Å². The zero-order valence-electron chi connectivity index (χ0n) is 29.7. The van der Waals surface area contributed by atoms with Gasteiger partial charge in [0, 0.05) is 36.3 Å². The highest BCUT2D eigenvalue weighted by molar-refractivity contribution is 7.09. The molecule has 1 saturated carbocycles. The summed E-state index contributed by atoms with van der Waals surface area (Å²) in [5.41, 5.74) is 0.429. The van der Waals surface area contributed by atoms with Gasteiger partial charge >= 0.3 is 5.97 Å². The Morgan fingerprint density at radius 2 is 1.84 bits per heavy atom. The van der Waals surface area contributed by atoms with Crippen molar-refractivity contribution in [3.05, 3.63) is 51.7 Å². The van der Waals surface area contributed by atoms with E-state index in [4.69, 9.17) is 0 Å². The van der Waals surface area contributed by atoms with Crippen LogP contribution < -0.4 is 10.6 Å². The number of carbonyl (C=O) groups is 3. The summed E-state index contributed by atoms with van der Waals surface area (Å²) in [6.45, 7) is 10.4. The molecule has 0 radical (unpaired) electrons. The van der Waals surface area contributed by atoms with E-state index in [1.807, 2.05) is 39.6 Å². The number of aliphatic carboxylic acids is 1. The van der Waals surface area contributed by atoms with E-state index in [-0.39, 0.29) is 60.3 Å². The van der Waals surface area contributed by atoms with Gasteiger partial charge in [-0.1, -0.05) is 53.2 Å². The molecule has 5 unspecified atom stereocenters. The number of likely N-dealkylation sites (tertiary alicyclic amines) is 1. The molecule has 13 heteroatoms. The number of carbonyl (C=O) groups excluding carboxylic acids is 2. The van der Waals surface area contributed by atoms with Gasteiger partial charge in [-0.05, 0) is 68.8 Å². The molecule has 49 heavy (non-hydrogen) atoms. The quantitative estimate of drug-likeness (QED) is 0.151. The first-order valence-electron chi connectivity index (χ1n) is 17.4. The van der Waals surface area contributed by atoms with Crippen LogP contribution in [-0.4, -0.2) is 92.2 Å². The third-order valence-corrected chi connectivity index (χ3v) is 11.6. The number of hydrogen-bond donors (Lipinski definition) is 5. The highest BCUT2D eigenvalue weighted by atomic mass is 32.1. The fourth-order valence-electron chi connectivity index (χ4n) is 7.20. The molecule has 2 aromatic rings. The summed E-state index contributed by atoms with van der Waals surface area (Å²) in [5.74, 6) is -2.53. The van der Waals surface area contributed by atoms with Crippen LogP contribution in [-0.2, 0) is 14.4 Å². The minimum Gasteiger partial charge on any atom is -0.481 e. The van der Waals surface area contributed by atoms with E-state index in [9.17, 15) is 34.1 Å².